The van der Waals surface area contributed by atoms with E-state index in [0.29, 0.717) is 18.8 Å². The molecule has 1 aromatic rings. The first-order valence-electron chi connectivity index (χ1n) is 6.06. The number of anilines is 1. The maximum absolute atomic E-state index is 12.1. The first kappa shape index (κ1) is 11.3. The summed E-state index contributed by atoms with van der Waals surface area (Å²) in [5, 5.41) is 4.03. The Balaban J connectivity index is 1.66. The highest BCUT2D eigenvalue weighted by Crippen LogP contribution is 2.63. The van der Waals surface area contributed by atoms with E-state index in [4.69, 9.17) is 5.73 Å². The summed E-state index contributed by atoms with van der Waals surface area (Å²) in [6.07, 6.45) is 3.24. The lowest BCUT2D eigenvalue weighted by molar-refractivity contribution is -0.143. The summed E-state index contributed by atoms with van der Waals surface area (Å²) < 4.78 is 1.64. The molecule has 1 aromatic heterocycles. The maximum atomic E-state index is 12.1. The van der Waals surface area contributed by atoms with Gasteiger partial charge in [0, 0.05) is 12.7 Å². The summed E-state index contributed by atoms with van der Waals surface area (Å²) in [7, 11) is 0. The predicted octanol–water partition coefficient (Wildman–Crippen LogP) is 0.106. The highest BCUT2D eigenvalue weighted by atomic mass is 16.2. The number of fused-ring (bicyclic) bond motifs is 1. The molecule has 2 aliphatic rings. The molecule has 2 fully saturated rings. The van der Waals surface area contributed by atoms with Crippen molar-refractivity contribution in [3.05, 3.63) is 12.4 Å². The summed E-state index contributed by atoms with van der Waals surface area (Å²) in [5.41, 5.74) is 5.99. The Morgan fingerprint density at radius 2 is 1.89 bits per heavy atom. The number of likely N-dealkylation sites (tertiary alicyclic amines) is 1. The van der Waals surface area contributed by atoms with Gasteiger partial charge in [-0.25, -0.2) is 0 Å². The van der Waals surface area contributed by atoms with Gasteiger partial charge in [0.15, 0.2) is 0 Å². The lowest BCUT2D eigenvalue weighted by atomic mass is 10.1. The van der Waals surface area contributed by atoms with Crippen molar-refractivity contribution in [2.24, 2.45) is 17.3 Å². The van der Waals surface area contributed by atoms with Gasteiger partial charge in [0.05, 0.1) is 30.3 Å². The zero-order valence-corrected chi connectivity index (χ0v) is 10.5. The molecule has 0 aromatic carbocycles. The number of carbonyl (C=O) groups is 2. The van der Waals surface area contributed by atoms with Crippen molar-refractivity contribution in [2.75, 3.05) is 12.3 Å². The lowest BCUT2D eigenvalue weighted by Crippen LogP contribution is -2.38. The van der Waals surface area contributed by atoms with Crippen LogP contribution in [0.2, 0.25) is 0 Å². The number of rotatable bonds is 3. The highest BCUT2D eigenvalue weighted by molar-refractivity contribution is 6.10. The first-order valence-corrected chi connectivity index (χ1v) is 6.06. The fraction of sp³-hybridized carbons (Fsp3) is 0.583. The van der Waals surface area contributed by atoms with Crippen LogP contribution in [0, 0.1) is 17.3 Å². The zero-order chi connectivity index (χ0) is 13.1. The number of piperidine rings is 1. The lowest BCUT2D eigenvalue weighted by Gasteiger charge is -2.20. The number of hydrogen-bond donors (Lipinski definition) is 1. The van der Waals surface area contributed by atoms with Crippen LogP contribution in [0.3, 0.4) is 0 Å². The second-order valence-corrected chi connectivity index (χ2v) is 5.64. The van der Waals surface area contributed by atoms with Gasteiger partial charge in [-0.2, -0.15) is 5.10 Å². The van der Waals surface area contributed by atoms with Gasteiger partial charge >= 0.3 is 0 Å². The Morgan fingerprint density at radius 1 is 1.28 bits per heavy atom. The molecule has 1 saturated carbocycles. The van der Waals surface area contributed by atoms with Gasteiger partial charge in [-0.1, -0.05) is 13.8 Å². The van der Waals surface area contributed by atoms with Crippen molar-refractivity contribution in [1.82, 2.24) is 14.7 Å². The molecule has 6 nitrogen and oxygen atoms in total. The van der Waals surface area contributed by atoms with Crippen LogP contribution < -0.4 is 5.73 Å². The Bertz CT molecular complexity index is 510. The van der Waals surface area contributed by atoms with E-state index in [2.05, 4.69) is 5.10 Å². The molecule has 0 spiro atoms. The monoisotopic (exact) mass is 248 g/mol. The van der Waals surface area contributed by atoms with E-state index in [0.717, 1.165) is 0 Å². The summed E-state index contributed by atoms with van der Waals surface area (Å²) in [5.74, 6) is -0.273. The average molecular weight is 248 g/mol. The molecule has 2 amide bonds. The Hall–Kier alpha value is -1.85. The average Bonchev–Trinajstić information content (AvgIpc) is 2.58. The summed E-state index contributed by atoms with van der Waals surface area (Å²) >= 11 is 0. The molecule has 0 radical (unpaired) electrons. The number of nitrogens with zero attached hydrogens (tertiary/aromatic N) is 3. The van der Waals surface area contributed by atoms with Gasteiger partial charge in [0.2, 0.25) is 11.8 Å². The van der Waals surface area contributed by atoms with Gasteiger partial charge in [-0.15, -0.1) is 0 Å². The van der Waals surface area contributed by atoms with Crippen LogP contribution in [0.4, 0.5) is 5.69 Å². The van der Waals surface area contributed by atoms with Crippen molar-refractivity contribution in [3.63, 3.8) is 0 Å². The van der Waals surface area contributed by atoms with Gasteiger partial charge in [0.1, 0.15) is 0 Å². The van der Waals surface area contributed by atoms with Crippen LogP contribution in [0.15, 0.2) is 12.4 Å². The van der Waals surface area contributed by atoms with Crippen LogP contribution in [-0.2, 0) is 16.1 Å². The Morgan fingerprint density at radius 3 is 2.39 bits per heavy atom. The molecule has 1 aliphatic carbocycles. The number of aromatic nitrogens is 2. The molecule has 2 atom stereocenters. The van der Waals surface area contributed by atoms with Crippen LogP contribution in [0.1, 0.15) is 13.8 Å². The van der Waals surface area contributed by atoms with Gasteiger partial charge in [-0.3, -0.25) is 19.2 Å². The minimum absolute atomic E-state index is 0.0323. The topological polar surface area (TPSA) is 81.2 Å². The molecule has 1 aliphatic heterocycles. The van der Waals surface area contributed by atoms with Gasteiger partial charge in [0.25, 0.3) is 0 Å². The zero-order valence-electron chi connectivity index (χ0n) is 10.5. The van der Waals surface area contributed by atoms with Crippen LogP contribution in [-0.4, -0.2) is 33.0 Å². The largest absolute Gasteiger partial charge is 0.396 e. The minimum Gasteiger partial charge on any atom is -0.396 e. The van der Waals surface area contributed by atoms with Gasteiger partial charge < -0.3 is 5.73 Å². The van der Waals surface area contributed by atoms with E-state index in [1.54, 1.807) is 17.1 Å². The minimum atomic E-state index is -0.138. The number of nitrogen functional groups attached to an aromatic ring is 1. The number of carbonyl (C=O) groups excluding carboxylic acids is 2. The molecule has 0 bridgehead atoms. The van der Waals surface area contributed by atoms with Crippen molar-refractivity contribution in [2.45, 2.75) is 20.4 Å². The van der Waals surface area contributed by atoms with E-state index < -0.39 is 0 Å². The number of imide groups is 1. The molecule has 96 valence electrons. The third-order valence-electron chi connectivity index (χ3n) is 4.10. The van der Waals surface area contributed by atoms with Crippen LogP contribution in [0.25, 0.3) is 0 Å². The van der Waals surface area contributed by atoms with Crippen molar-refractivity contribution in [3.8, 4) is 0 Å². The second-order valence-electron chi connectivity index (χ2n) is 5.64. The second kappa shape index (κ2) is 3.34. The summed E-state index contributed by atoms with van der Waals surface area (Å²) in [4.78, 5) is 25.5. The number of nitrogens with two attached hydrogens (primary N) is 1. The molecule has 3 rings (SSSR count). The van der Waals surface area contributed by atoms with Crippen LogP contribution in [0.5, 0.6) is 0 Å². The van der Waals surface area contributed by atoms with E-state index in [9.17, 15) is 9.59 Å². The van der Waals surface area contributed by atoms with E-state index in [1.165, 1.54) is 4.90 Å². The SMILES string of the molecule is CC1(C)C2C(=O)N(CCn3cc(N)cn3)C(=O)C21. The van der Waals surface area contributed by atoms with Crippen LogP contribution >= 0.6 is 0 Å². The van der Waals surface area contributed by atoms with Gasteiger partial charge in [-0.05, 0) is 5.41 Å². The third-order valence-corrected chi connectivity index (χ3v) is 4.10. The van der Waals surface area contributed by atoms with Crippen molar-refractivity contribution in [1.29, 1.82) is 0 Å². The van der Waals surface area contributed by atoms with Crippen molar-refractivity contribution < 1.29 is 9.59 Å². The Kier molecular flexibility index (Phi) is 2.09. The standard InChI is InChI=1S/C12H16N4O2/c1-12(2)8-9(12)11(18)16(10(8)17)4-3-15-6-7(13)5-14-15/h5-6,8-9H,3-4,13H2,1-2H3. The van der Waals surface area contributed by atoms with Crippen molar-refractivity contribution >= 4 is 17.5 Å². The molecular weight excluding hydrogens is 232 g/mol. The van der Waals surface area contributed by atoms with E-state index >= 15 is 0 Å². The molecule has 2 N–H and O–H groups in total. The quantitative estimate of drug-likeness (QED) is 0.770. The first-order chi connectivity index (χ1) is 8.43. The van der Waals surface area contributed by atoms with E-state index in [-0.39, 0.29) is 29.1 Å². The fourth-order valence-corrected chi connectivity index (χ4v) is 2.93. The molecular formula is C12H16N4O2. The predicted molar refractivity (Wildman–Crippen MR) is 64.1 cm³/mol. The summed E-state index contributed by atoms with van der Waals surface area (Å²) in [6.45, 7) is 4.82. The number of hydrogen-bond acceptors (Lipinski definition) is 4. The molecule has 6 heteroatoms. The maximum Gasteiger partial charge on any atom is 0.233 e. The molecule has 2 unspecified atom stereocenters. The Labute approximate surface area is 105 Å². The summed E-state index contributed by atoms with van der Waals surface area (Å²) in [6, 6.07) is 0. The third kappa shape index (κ3) is 1.38. The number of amides is 2. The van der Waals surface area contributed by atoms with E-state index in [1.807, 2.05) is 13.8 Å². The normalized spacial score (nSPS) is 28.7. The fourth-order valence-electron chi connectivity index (χ4n) is 2.93. The molecule has 1 saturated heterocycles. The molecule has 2 heterocycles. The molecule has 18 heavy (non-hydrogen) atoms. The highest BCUT2D eigenvalue weighted by Gasteiger charge is 2.72. The smallest absolute Gasteiger partial charge is 0.233 e.